The average molecular weight is 239 g/mol. The topological polar surface area (TPSA) is 58.5 Å². The Balaban J connectivity index is 1.84. The Morgan fingerprint density at radius 3 is 2.94 bits per heavy atom. The molecule has 0 amide bonds. The highest BCUT2D eigenvalue weighted by Crippen LogP contribution is 2.19. The molecule has 0 radical (unpaired) electrons. The molecule has 0 saturated carbocycles. The normalized spacial score (nSPS) is 10.4. The number of para-hydroxylation sites is 2. The summed E-state index contributed by atoms with van der Waals surface area (Å²) in [5.41, 5.74) is 3.11. The van der Waals surface area contributed by atoms with Gasteiger partial charge in [0.05, 0.1) is 29.9 Å². The van der Waals surface area contributed by atoms with Gasteiger partial charge in [0, 0.05) is 18.6 Å². The van der Waals surface area contributed by atoms with Gasteiger partial charge in [-0.1, -0.05) is 12.1 Å². The van der Waals surface area contributed by atoms with Crippen molar-refractivity contribution >= 4 is 5.69 Å². The third kappa shape index (κ3) is 2.10. The summed E-state index contributed by atoms with van der Waals surface area (Å²) in [6.07, 6.45) is 7.18. The summed E-state index contributed by atoms with van der Waals surface area (Å²) in [7, 11) is 0. The highest BCUT2D eigenvalue weighted by molar-refractivity contribution is 5.60. The van der Waals surface area contributed by atoms with Crippen molar-refractivity contribution in [2.45, 2.75) is 6.54 Å². The van der Waals surface area contributed by atoms with Gasteiger partial charge in [-0.05, 0) is 18.2 Å². The first-order valence-corrected chi connectivity index (χ1v) is 5.73. The number of nitrogens with zero attached hydrogens (tertiary/aromatic N) is 3. The van der Waals surface area contributed by atoms with Gasteiger partial charge in [0.2, 0.25) is 0 Å². The zero-order chi connectivity index (χ0) is 12.2. The van der Waals surface area contributed by atoms with Gasteiger partial charge in [-0.2, -0.15) is 5.10 Å². The molecule has 18 heavy (non-hydrogen) atoms. The molecule has 5 heteroatoms. The molecule has 0 aliphatic rings. The molecule has 0 saturated heterocycles. The van der Waals surface area contributed by atoms with Gasteiger partial charge in [-0.15, -0.1) is 0 Å². The van der Waals surface area contributed by atoms with Crippen LogP contribution in [0.3, 0.4) is 0 Å². The first kappa shape index (κ1) is 10.6. The van der Waals surface area contributed by atoms with E-state index in [2.05, 4.69) is 20.4 Å². The maximum atomic E-state index is 4.25. The first-order chi connectivity index (χ1) is 8.93. The summed E-state index contributed by atoms with van der Waals surface area (Å²) >= 11 is 0. The molecule has 0 fully saturated rings. The van der Waals surface area contributed by atoms with Crippen LogP contribution in [-0.2, 0) is 6.54 Å². The standard InChI is InChI=1S/C13H13N5/c1-2-5-13(18-7-3-6-17-18)12(4-1)15-9-11-8-14-10-16-11/h1-8,10,15H,9H2,(H,14,16). The lowest BCUT2D eigenvalue weighted by Gasteiger charge is -2.11. The van der Waals surface area contributed by atoms with Gasteiger partial charge < -0.3 is 10.3 Å². The molecule has 0 bridgehead atoms. The summed E-state index contributed by atoms with van der Waals surface area (Å²) in [4.78, 5) is 7.06. The summed E-state index contributed by atoms with van der Waals surface area (Å²) in [5.74, 6) is 0. The molecule has 2 N–H and O–H groups in total. The lowest BCUT2D eigenvalue weighted by atomic mass is 10.2. The molecule has 3 aromatic rings. The Kier molecular flexibility index (Phi) is 2.79. The Bertz CT molecular complexity index is 598. The van der Waals surface area contributed by atoms with Crippen LogP contribution in [0.4, 0.5) is 5.69 Å². The van der Waals surface area contributed by atoms with Crippen molar-refractivity contribution in [3.63, 3.8) is 0 Å². The fraction of sp³-hybridized carbons (Fsp3) is 0.0769. The Hall–Kier alpha value is -2.56. The Labute approximate surface area is 104 Å². The molecule has 0 atom stereocenters. The fourth-order valence-electron chi connectivity index (χ4n) is 1.81. The summed E-state index contributed by atoms with van der Waals surface area (Å²) in [5, 5.41) is 7.62. The predicted octanol–water partition coefficient (Wildman–Crippen LogP) is 2.21. The third-order valence-corrected chi connectivity index (χ3v) is 2.68. The lowest BCUT2D eigenvalue weighted by molar-refractivity contribution is 0.878. The number of benzene rings is 1. The van der Waals surface area contributed by atoms with E-state index in [1.165, 1.54) is 0 Å². The minimum Gasteiger partial charge on any atom is -0.378 e. The third-order valence-electron chi connectivity index (χ3n) is 2.68. The zero-order valence-electron chi connectivity index (χ0n) is 9.74. The van der Waals surface area contributed by atoms with E-state index in [0.29, 0.717) is 6.54 Å². The second-order valence-corrected chi connectivity index (χ2v) is 3.90. The number of nitrogens with one attached hydrogen (secondary N) is 2. The number of hydrogen-bond acceptors (Lipinski definition) is 3. The van der Waals surface area contributed by atoms with E-state index in [4.69, 9.17) is 0 Å². The Morgan fingerprint density at radius 1 is 1.22 bits per heavy atom. The van der Waals surface area contributed by atoms with E-state index >= 15 is 0 Å². The van der Waals surface area contributed by atoms with Crippen molar-refractivity contribution in [3.05, 3.63) is 60.9 Å². The SMILES string of the molecule is c1ccc(-n2cccn2)c(NCc2cnc[nH]2)c1. The van der Waals surface area contributed by atoms with Crippen LogP contribution in [-0.4, -0.2) is 19.7 Å². The minimum absolute atomic E-state index is 0.707. The Morgan fingerprint density at radius 2 is 2.17 bits per heavy atom. The first-order valence-electron chi connectivity index (χ1n) is 5.73. The highest BCUT2D eigenvalue weighted by atomic mass is 15.3. The maximum absolute atomic E-state index is 4.25. The molecule has 5 nitrogen and oxygen atoms in total. The van der Waals surface area contributed by atoms with Crippen LogP contribution >= 0.6 is 0 Å². The van der Waals surface area contributed by atoms with E-state index in [9.17, 15) is 0 Å². The largest absolute Gasteiger partial charge is 0.378 e. The molecule has 0 aliphatic heterocycles. The van der Waals surface area contributed by atoms with Crippen LogP contribution in [0.15, 0.2) is 55.2 Å². The smallest absolute Gasteiger partial charge is 0.0922 e. The van der Waals surface area contributed by atoms with Crippen LogP contribution in [0.25, 0.3) is 5.69 Å². The summed E-state index contributed by atoms with van der Waals surface area (Å²) in [6, 6.07) is 9.97. The lowest BCUT2D eigenvalue weighted by Crippen LogP contribution is -2.04. The van der Waals surface area contributed by atoms with Crippen LogP contribution in [0.1, 0.15) is 5.69 Å². The second kappa shape index (κ2) is 4.75. The van der Waals surface area contributed by atoms with Crippen molar-refractivity contribution in [2.75, 3.05) is 5.32 Å². The monoisotopic (exact) mass is 239 g/mol. The maximum Gasteiger partial charge on any atom is 0.0922 e. The average Bonchev–Trinajstić information content (AvgIpc) is 3.10. The molecular weight excluding hydrogens is 226 g/mol. The van der Waals surface area contributed by atoms with Crippen LogP contribution < -0.4 is 5.32 Å². The van der Waals surface area contributed by atoms with Gasteiger partial charge in [-0.25, -0.2) is 9.67 Å². The van der Waals surface area contributed by atoms with Gasteiger partial charge in [0.25, 0.3) is 0 Å². The highest BCUT2D eigenvalue weighted by Gasteiger charge is 2.03. The van der Waals surface area contributed by atoms with Crippen molar-refractivity contribution in [3.8, 4) is 5.69 Å². The van der Waals surface area contributed by atoms with Crippen LogP contribution in [0, 0.1) is 0 Å². The fourth-order valence-corrected chi connectivity index (χ4v) is 1.81. The van der Waals surface area contributed by atoms with E-state index in [-0.39, 0.29) is 0 Å². The molecular formula is C13H13N5. The van der Waals surface area contributed by atoms with E-state index in [1.807, 2.05) is 47.4 Å². The van der Waals surface area contributed by atoms with Crippen molar-refractivity contribution in [1.82, 2.24) is 19.7 Å². The molecule has 0 spiro atoms. The summed E-state index contributed by atoms with van der Waals surface area (Å²) < 4.78 is 1.84. The number of rotatable bonds is 4. The van der Waals surface area contributed by atoms with Gasteiger partial charge in [-0.3, -0.25) is 0 Å². The molecule has 0 unspecified atom stereocenters. The quantitative estimate of drug-likeness (QED) is 0.733. The molecule has 0 aliphatic carbocycles. The predicted molar refractivity (Wildman–Crippen MR) is 69.5 cm³/mol. The number of hydrogen-bond donors (Lipinski definition) is 2. The van der Waals surface area contributed by atoms with Crippen LogP contribution in [0.2, 0.25) is 0 Å². The van der Waals surface area contributed by atoms with Crippen LogP contribution in [0.5, 0.6) is 0 Å². The number of imidazole rings is 1. The zero-order valence-corrected chi connectivity index (χ0v) is 9.74. The molecule has 2 aromatic heterocycles. The van der Waals surface area contributed by atoms with Gasteiger partial charge in [0.15, 0.2) is 0 Å². The van der Waals surface area contributed by atoms with E-state index in [0.717, 1.165) is 17.1 Å². The molecule has 90 valence electrons. The molecule has 1 aromatic carbocycles. The number of H-pyrrole nitrogens is 1. The van der Waals surface area contributed by atoms with Gasteiger partial charge >= 0.3 is 0 Å². The minimum atomic E-state index is 0.707. The van der Waals surface area contributed by atoms with Crippen molar-refractivity contribution in [1.29, 1.82) is 0 Å². The summed E-state index contributed by atoms with van der Waals surface area (Å²) in [6.45, 7) is 0.707. The van der Waals surface area contributed by atoms with E-state index < -0.39 is 0 Å². The van der Waals surface area contributed by atoms with E-state index in [1.54, 1.807) is 12.5 Å². The van der Waals surface area contributed by atoms with Crippen molar-refractivity contribution < 1.29 is 0 Å². The number of anilines is 1. The van der Waals surface area contributed by atoms with Gasteiger partial charge in [0.1, 0.15) is 0 Å². The number of aromatic nitrogens is 4. The number of aromatic amines is 1. The second-order valence-electron chi connectivity index (χ2n) is 3.90. The molecule has 3 rings (SSSR count). The van der Waals surface area contributed by atoms with Crippen molar-refractivity contribution in [2.24, 2.45) is 0 Å². The molecule has 2 heterocycles.